The summed E-state index contributed by atoms with van der Waals surface area (Å²) >= 11 is 0. The normalized spacial score (nSPS) is 40.3. The first-order chi connectivity index (χ1) is 10.2. The number of hydrogen-bond donors (Lipinski definition) is 1. The van der Waals surface area contributed by atoms with E-state index in [0.717, 1.165) is 25.4 Å². The lowest BCUT2D eigenvalue weighted by molar-refractivity contribution is -0.947. The van der Waals surface area contributed by atoms with E-state index in [1.807, 2.05) is 0 Å². The van der Waals surface area contributed by atoms with Gasteiger partial charge in [0.1, 0.15) is 6.04 Å². The number of esters is 1. The van der Waals surface area contributed by atoms with Crippen LogP contribution < -0.4 is 5.32 Å². The van der Waals surface area contributed by atoms with Crippen LogP contribution in [0.4, 0.5) is 0 Å². The molecule has 3 heterocycles. The van der Waals surface area contributed by atoms with Crippen LogP contribution in [-0.2, 0) is 9.53 Å². The fraction of sp³-hybridized carbons (Fsp3) is 0.941. The SMILES string of the molecule is C[N+]12CCCCC1C(COC(=O)C1CCCCN1)CCC2. The van der Waals surface area contributed by atoms with Crippen LogP contribution in [0.3, 0.4) is 0 Å². The summed E-state index contributed by atoms with van der Waals surface area (Å²) in [5.74, 6) is 0.571. The van der Waals surface area contributed by atoms with Gasteiger partial charge in [-0.1, -0.05) is 6.42 Å². The van der Waals surface area contributed by atoms with E-state index in [1.165, 1.54) is 56.1 Å². The van der Waals surface area contributed by atoms with Crippen molar-refractivity contribution in [3.8, 4) is 0 Å². The third kappa shape index (κ3) is 3.42. The molecule has 0 aliphatic carbocycles. The number of hydrogen-bond acceptors (Lipinski definition) is 3. The molecule has 4 nitrogen and oxygen atoms in total. The van der Waals surface area contributed by atoms with Crippen molar-refractivity contribution in [2.24, 2.45) is 5.92 Å². The summed E-state index contributed by atoms with van der Waals surface area (Å²) in [6.45, 7) is 4.24. The Bertz CT molecular complexity index is 364. The van der Waals surface area contributed by atoms with E-state index >= 15 is 0 Å². The molecule has 0 spiro atoms. The lowest BCUT2D eigenvalue weighted by Crippen LogP contribution is -2.61. The van der Waals surface area contributed by atoms with Gasteiger partial charge in [0.2, 0.25) is 0 Å². The van der Waals surface area contributed by atoms with Crippen LogP contribution in [0.5, 0.6) is 0 Å². The van der Waals surface area contributed by atoms with Crippen LogP contribution in [0.1, 0.15) is 51.4 Å². The van der Waals surface area contributed by atoms with Crippen molar-refractivity contribution in [2.75, 3.05) is 33.3 Å². The summed E-state index contributed by atoms with van der Waals surface area (Å²) in [7, 11) is 2.42. The predicted molar refractivity (Wildman–Crippen MR) is 82.9 cm³/mol. The molecule has 0 aromatic rings. The fourth-order valence-electron chi connectivity index (χ4n) is 4.77. The summed E-state index contributed by atoms with van der Waals surface area (Å²) in [4.78, 5) is 12.2. The maximum Gasteiger partial charge on any atom is 0.323 e. The topological polar surface area (TPSA) is 38.3 Å². The number of piperidine rings is 3. The summed E-state index contributed by atoms with van der Waals surface area (Å²) in [6, 6.07) is 0.675. The van der Waals surface area contributed by atoms with Crippen molar-refractivity contribution in [3.05, 3.63) is 0 Å². The second kappa shape index (κ2) is 6.66. The van der Waals surface area contributed by atoms with Crippen molar-refractivity contribution < 1.29 is 14.0 Å². The lowest BCUT2D eigenvalue weighted by atomic mass is 9.82. The van der Waals surface area contributed by atoms with Crippen LogP contribution in [0, 0.1) is 5.92 Å². The van der Waals surface area contributed by atoms with Gasteiger partial charge in [0, 0.05) is 12.3 Å². The zero-order valence-electron chi connectivity index (χ0n) is 13.5. The molecule has 4 unspecified atom stereocenters. The number of carbonyl (C=O) groups excluding carboxylic acids is 1. The van der Waals surface area contributed by atoms with Gasteiger partial charge < -0.3 is 14.5 Å². The van der Waals surface area contributed by atoms with Gasteiger partial charge in [-0.05, 0) is 45.1 Å². The van der Waals surface area contributed by atoms with E-state index in [4.69, 9.17) is 4.74 Å². The second-order valence-corrected chi connectivity index (χ2v) is 7.52. The molecule has 120 valence electrons. The van der Waals surface area contributed by atoms with Crippen LogP contribution in [0.25, 0.3) is 0 Å². The molecule has 0 aromatic heterocycles. The highest BCUT2D eigenvalue weighted by atomic mass is 16.5. The highest BCUT2D eigenvalue weighted by Crippen LogP contribution is 2.36. The monoisotopic (exact) mass is 295 g/mol. The molecule has 3 fully saturated rings. The molecule has 0 saturated carbocycles. The van der Waals surface area contributed by atoms with Crippen LogP contribution in [0.2, 0.25) is 0 Å². The lowest BCUT2D eigenvalue weighted by Gasteiger charge is -2.51. The van der Waals surface area contributed by atoms with Crippen LogP contribution >= 0.6 is 0 Å². The molecular formula is C17H31N2O2+. The molecule has 4 atom stereocenters. The molecule has 3 saturated heterocycles. The van der Waals surface area contributed by atoms with Crippen molar-refractivity contribution in [1.82, 2.24) is 5.32 Å². The number of fused-ring (bicyclic) bond motifs is 1. The van der Waals surface area contributed by atoms with Crippen molar-refractivity contribution >= 4 is 5.97 Å². The van der Waals surface area contributed by atoms with E-state index in [0.29, 0.717) is 12.5 Å². The highest BCUT2D eigenvalue weighted by Gasteiger charge is 2.44. The Balaban J connectivity index is 1.53. The maximum atomic E-state index is 12.2. The Morgan fingerprint density at radius 1 is 1.10 bits per heavy atom. The number of nitrogens with zero attached hydrogens (tertiary/aromatic N) is 1. The van der Waals surface area contributed by atoms with Gasteiger partial charge in [0.15, 0.2) is 0 Å². The average molecular weight is 295 g/mol. The Hall–Kier alpha value is -0.610. The average Bonchev–Trinajstić information content (AvgIpc) is 2.52. The first kappa shape index (κ1) is 15.3. The number of rotatable bonds is 3. The van der Waals surface area contributed by atoms with E-state index in [9.17, 15) is 4.79 Å². The quantitative estimate of drug-likeness (QED) is 0.640. The molecule has 3 rings (SSSR count). The van der Waals surface area contributed by atoms with Gasteiger partial charge in [0.05, 0.1) is 32.8 Å². The fourth-order valence-corrected chi connectivity index (χ4v) is 4.77. The smallest absolute Gasteiger partial charge is 0.323 e. The molecular weight excluding hydrogens is 264 g/mol. The van der Waals surface area contributed by atoms with Gasteiger partial charge in [-0.2, -0.15) is 0 Å². The Morgan fingerprint density at radius 2 is 1.90 bits per heavy atom. The van der Waals surface area contributed by atoms with Gasteiger partial charge >= 0.3 is 5.97 Å². The standard InChI is InChI=1S/C17H31N2O2/c1-19-11-5-3-9-16(19)14(7-6-12-19)13-21-17(20)15-8-2-4-10-18-15/h14-16,18H,2-13H2,1H3/q+1. The van der Waals surface area contributed by atoms with Crippen molar-refractivity contribution in [3.63, 3.8) is 0 Å². The van der Waals surface area contributed by atoms with Gasteiger partial charge in [-0.3, -0.25) is 4.79 Å². The minimum absolute atomic E-state index is 0.00899. The third-order valence-electron chi connectivity index (χ3n) is 6.04. The highest BCUT2D eigenvalue weighted by molar-refractivity contribution is 5.75. The van der Waals surface area contributed by atoms with Crippen molar-refractivity contribution in [1.29, 1.82) is 0 Å². The number of carbonyl (C=O) groups is 1. The maximum absolute atomic E-state index is 12.2. The number of quaternary nitrogens is 1. The minimum atomic E-state index is -0.0467. The molecule has 0 bridgehead atoms. The summed E-state index contributed by atoms with van der Waals surface area (Å²) in [5, 5.41) is 3.29. The summed E-state index contributed by atoms with van der Waals surface area (Å²) in [5.41, 5.74) is 0. The number of nitrogens with one attached hydrogen (secondary N) is 1. The summed E-state index contributed by atoms with van der Waals surface area (Å²) < 4.78 is 6.93. The molecule has 0 amide bonds. The van der Waals surface area contributed by atoms with Gasteiger partial charge in [-0.25, -0.2) is 0 Å². The largest absolute Gasteiger partial charge is 0.464 e. The van der Waals surface area contributed by atoms with E-state index in [1.54, 1.807) is 0 Å². The molecule has 3 aliphatic heterocycles. The molecule has 0 radical (unpaired) electrons. The predicted octanol–water partition coefficient (Wildman–Crippen LogP) is 2.08. The van der Waals surface area contributed by atoms with Gasteiger partial charge in [0.25, 0.3) is 0 Å². The molecule has 4 heteroatoms. The van der Waals surface area contributed by atoms with Gasteiger partial charge in [-0.15, -0.1) is 0 Å². The second-order valence-electron chi connectivity index (χ2n) is 7.52. The van der Waals surface area contributed by atoms with Crippen molar-refractivity contribution in [2.45, 2.75) is 63.5 Å². The van der Waals surface area contributed by atoms with E-state index < -0.39 is 0 Å². The van der Waals surface area contributed by atoms with Crippen LogP contribution in [-0.4, -0.2) is 55.8 Å². The minimum Gasteiger partial charge on any atom is -0.464 e. The Labute approximate surface area is 128 Å². The molecule has 3 aliphatic rings. The summed E-state index contributed by atoms with van der Waals surface area (Å²) in [6.07, 6.45) is 9.85. The molecule has 1 N–H and O–H groups in total. The zero-order valence-corrected chi connectivity index (χ0v) is 13.5. The molecule has 0 aromatic carbocycles. The zero-order chi connectivity index (χ0) is 14.7. The number of ether oxygens (including phenoxy) is 1. The first-order valence-corrected chi connectivity index (χ1v) is 8.93. The Kier molecular flexibility index (Phi) is 4.85. The first-order valence-electron chi connectivity index (χ1n) is 8.93. The Morgan fingerprint density at radius 3 is 2.71 bits per heavy atom. The van der Waals surface area contributed by atoms with Crippen LogP contribution in [0.15, 0.2) is 0 Å². The van der Waals surface area contributed by atoms with E-state index in [-0.39, 0.29) is 12.0 Å². The molecule has 21 heavy (non-hydrogen) atoms. The van der Waals surface area contributed by atoms with E-state index in [2.05, 4.69) is 12.4 Å². The third-order valence-corrected chi connectivity index (χ3v) is 6.04.